The quantitative estimate of drug-likeness (QED) is 0.323. The molecule has 0 heterocycles. The third-order valence-electron chi connectivity index (χ3n) is 15.3. The van der Waals surface area contributed by atoms with Gasteiger partial charge < -0.3 is 20.4 Å². The molecule has 5 aliphatic carbocycles. The van der Waals surface area contributed by atoms with E-state index in [2.05, 4.69) is 61.5 Å². The fourth-order valence-corrected chi connectivity index (χ4v) is 12.0. The molecule has 210 valence electrons. The number of hydrogen-bond acceptors (Lipinski definition) is 4. The topological polar surface area (TPSA) is 98.0 Å². The van der Waals surface area contributed by atoms with Crippen LogP contribution in [0.4, 0.5) is 0 Å². The van der Waals surface area contributed by atoms with Gasteiger partial charge in [0.05, 0.1) is 23.2 Å². The summed E-state index contributed by atoms with van der Waals surface area (Å²) in [6.45, 7) is 19.9. The average molecular weight is 517 g/mol. The highest BCUT2D eigenvalue weighted by Gasteiger charge is 2.78. The summed E-state index contributed by atoms with van der Waals surface area (Å²) < 4.78 is 0. The predicted molar refractivity (Wildman–Crippen MR) is 145 cm³/mol. The number of hydrogen-bond donors (Lipinski definition) is 4. The molecular weight excluding hydrogens is 464 g/mol. The Balaban J connectivity index is 1.74. The molecule has 0 aromatic rings. The van der Waals surface area contributed by atoms with E-state index in [0.717, 1.165) is 32.1 Å². The minimum atomic E-state index is -1.13. The van der Waals surface area contributed by atoms with Gasteiger partial charge in [-0.15, -0.1) is 0 Å². The fourth-order valence-electron chi connectivity index (χ4n) is 12.0. The Morgan fingerprint density at radius 1 is 0.892 bits per heavy atom. The lowest BCUT2D eigenvalue weighted by atomic mass is 9.27. The standard InChI is InChI=1S/C32H52O5/c1-19-10-15-32(24(35)36)17-16-26(4)22(30(32,8)31(19,9)37)12-14-29(7)27(5)18-20(33)23(34)25(2,3)21(27)11-13-28(26,29)6/h12,19-21,23,33-34,37H,10-11,13-18H2,1-9H3,(H,35,36)/t19-,20-,21+,23-,26-,27+,28+,29-,30-,31-,32-/m1/s1. The van der Waals surface area contributed by atoms with Crippen molar-refractivity contribution >= 4 is 5.97 Å². The molecule has 0 amide bonds. The summed E-state index contributed by atoms with van der Waals surface area (Å²) in [5, 5.41) is 45.1. The summed E-state index contributed by atoms with van der Waals surface area (Å²) in [5.41, 5.74) is -2.92. The van der Waals surface area contributed by atoms with Gasteiger partial charge in [-0.1, -0.05) is 67.0 Å². The Labute approximate surface area is 224 Å². The third kappa shape index (κ3) is 2.66. The molecule has 0 aliphatic heterocycles. The molecule has 5 rings (SSSR count). The molecule has 5 nitrogen and oxygen atoms in total. The summed E-state index contributed by atoms with van der Waals surface area (Å²) in [6, 6.07) is 0. The molecule has 0 aromatic carbocycles. The van der Waals surface area contributed by atoms with Crippen LogP contribution in [0.25, 0.3) is 0 Å². The highest BCUT2D eigenvalue weighted by atomic mass is 16.4. The van der Waals surface area contributed by atoms with E-state index in [0.29, 0.717) is 19.3 Å². The number of carboxylic acids is 1. The first-order valence-electron chi connectivity index (χ1n) is 14.8. The van der Waals surface area contributed by atoms with Crippen molar-refractivity contribution in [3.8, 4) is 0 Å². The molecule has 5 heteroatoms. The van der Waals surface area contributed by atoms with Crippen molar-refractivity contribution < 1.29 is 25.2 Å². The second kappa shape index (κ2) is 7.43. The predicted octanol–water partition coefficient (Wildman–Crippen LogP) is 5.96. The zero-order valence-electron chi connectivity index (χ0n) is 24.7. The van der Waals surface area contributed by atoms with Crippen LogP contribution in [0.2, 0.25) is 0 Å². The number of rotatable bonds is 1. The van der Waals surface area contributed by atoms with Gasteiger partial charge in [0, 0.05) is 5.41 Å². The maximum atomic E-state index is 13.1. The molecule has 4 saturated carbocycles. The molecule has 4 fully saturated rings. The van der Waals surface area contributed by atoms with Crippen LogP contribution in [0.3, 0.4) is 0 Å². The van der Waals surface area contributed by atoms with Gasteiger partial charge in [-0.2, -0.15) is 0 Å². The van der Waals surface area contributed by atoms with Crippen LogP contribution in [0, 0.1) is 49.7 Å². The molecule has 5 aliphatic rings. The van der Waals surface area contributed by atoms with Crippen LogP contribution in [0.1, 0.15) is 114 Å². The summed E-state index contributed by atoms with van der Waals surface area (Å²) in [7, 11) is 0. The van der Waals surface area contributed by atoms with Gasteiger partial charge in [-0.05, 0) is 97.2 Å². The molecule has 4 N–H and O–H groups in total. The lowest BCUT2D eigenvalue weighted by Crippen LogP contribution is -2.74. The number of aliphatic carboxylic acids is 1. The van der Waals surface area contributed by atoms with Crippen molar-refractivity contribution in [3.63, 3.8) is 0 Å². The highest BCUT2D eigenvalue weighted by Crippen LogP contribution is 2.82. The Morgan fingerprint density at radius 3 is 2.11 bits per heavy atom. The van der Waals surface area contributed by atoms with Gasteiger partial charge >= 0.3 is 5.97 Å². The van der Waals surface area contributed by atoms with E-state index in [1.807, 2.05) is 6.92 Å². The molecule has 0 bridgehead atoms. The summed E-state index contributed by atoms with van der Waals surface area (Å²) in [6.07, 6.45) is 6.94. The monoisotopic (exact) mass is 516 g/mol. The molecule has 37 heavy (non-hydrogen) atoms. The lowest BCUT2D eigenvalue weighted by molar-refractivity contribution is -0.280. The minimum Gasteiger partial charge on any atom is -0.481 e. The van der Waals surface area contributed by atoms with Crippen molar-refractivity contribution in [3.05, 3.63) is 11.6 Å². The highest BCUT2D eigenvalue weighted by molar-refractivity contribution is 5.78. The second-order valence-electron chi connectivity index (χ2n) is 16.0. The van der Waals surface area contributed by atoms with Crippen LogP contribution < -0.4 is 0 Å². The van der Waals surface area contributed by atoms with Gasteiger partial charge in [-0.25, -0.2) is 0 Å². The number of fused-ring (bicyclic) bond motifs is 7. The molecule has 0 saturated heterocycles. The van der Waals surface area contributed by atoms with Gasteiger partial charge in [-0.3, -0.25) is 4.79 Å². The smallest absolute Gasteiger partial charge is 0.310 e. The number of carbonyl (C=O) groups is 1. The van der Waals surface area contributed by atoms with Crippen LogP contribution in [-0.2, 0) is 4.79 Å². The van der Waals surface area contributed by atoms with E-state index in [-0.39, 0.29) is 38.9 Å². The summed E-state index contributed by atoms with van der Waals surface area (Å²) in [4.78, 5) is 13.1. The SMILES string of the molecule is C[C@@H]1CC[C@]2(C(=O)O)CC[C@]3(C)C(=CC[C@@]4(C)[C@@]3(C)CC[C@H]3C(C)(C)[C@H](O)[C@H](O)C[C@@]34C)[C@]2(C)[C@]1(C)O. The van der Waals surface area contributed by atoms with Crippen LogP contribution >= 0.6 is 0 Å². The van der Waals surface area contributed by atoms with Gasteiger partial charge in [0.25, 0.3) is 0 Å². The summed E-state index contributed by atoms with van der Waals surface area (Å²) >= 11 is 0. The van der Waals surface area contributed by atoms with Gasteiger partial charge in [0.2, 0.25) is 0 Å². The van der Waals surface area contributed by atoms with E-state index in [4.69, 9.17) is 0 Å². The zero-order valence-corrected chi connectivity index (χ0v) is 24.7. The first kappa shape index (κ1) is 27.6. The number of allylic oxidation sites excluding steroid dienone is 1. The van der Waals surface area contributed by atoms with Crippen molar-refractivity contribution in [2.24, 2.45) is 49.7 Å². The third-order valence-corrected chi connectivity index (χ3v) is 15.3. The number of aliphatic hydroxyl groups excluding tert-OH is 2. The van der Waals surface area contributed by atoms with E-state index >= 15 is 0 Å². The maximum absolute atomic E-state index is 13.1. The van der Waals surface area contributed by atoms with Crippen LogP contribution in [0.15, 0.2) is 11.6 Å². The number of carboxylic acid groups (broad SMARTS) is 1. The molecule has 11 atom stereocenters. The Bertz CT molecular complexity index is 1050. The van der Waals surface area contributed by atoms with Gasteiger partial charge in [0.15, 0.2) is 0 Å². The van der Waals surface area contributed by atoms with E-state index in [1.54, 1.807) is 0 Å². The minimum absolute atomic E-state index is 0.0124. The zero-order chi connectivity index (χ0) is 27.8. The number of aliphatic hydroxyl groups is 3. The van der Waals surface area contributed by atoms with Crippen molar-refractivity contribution in [2.45, 2.75) is 131 Å². The van der Waals surface area contributed by atoms with Crippen LogP contribution in [-0.4, -0.2) is 44.2 Å². The molecular formula is C32H52O5. The van der Waals surface area contributed by atoms with Crippen molar-refractivity contribution in [1.29, 1.82) is 0 Å². The Hall–Kier alpha value is -0.910. The maximum Gasteiger partial charge on any atom is 0.310 e. The van der Waals surface area contributed by atoms with E-state index < -0.39 is 34.6 Å². The Morgan fingerprint density at radius 2 is 1.51 bits per heavy atom. The molecule has 0 spiro atoms. The van der Waals surface area contributed by atoms with Gasteiger partial charge in [0.1, 0.15) is 0 Å². The fraction of sp³-hybridized carbons (Fsp3) is 0.906. The normalized spacial score (nSPS) is 58.8. The first-order valence-corrected chi connectivity index (χ1v) is 14.8. The van der Waals surface area contributed by atoms with Crippen molar-refractivity contribution in [1.82, 2.24) is 0 Å². The largest absolute Gasteiger partial charge is 0.481 e. The van der Waals surface area contributed by atoms with E-state index in [1.165, 1.54) is 5.57 Å². The molecule has 0 radical (unpaired) electrons. The molecule has 0 unspecified atom stereocenters. The Kier molecular flexibility index (Phi) is 5.55. The first-order chi connectivity index (χ1) is 16.7. The molecule has 0 aromatic heterocycles. The van der Waals surface area contributed by atoms with Crippen LogP contribution in [0.5, 0.6) is 0 Å². The lowest BCUT2D eigenvalue weighted by Gasteiger charge is -2.77. The summed E-state index contributed by atoms with van der Waals surface area (Å²) in [5.74, 6) is -0.464. The second-order valence-corrected chi connectivity index (χ2v) is 16.0. The average Bonchev–Trinajstić information content (AvgIpc) is 2.78. The van der Waals surface area contributed by atoms with E-state index in [9.17, 15) is 25.2 Å². The van der Waals surface area contributed by atoms with Crippen molar-refractivity contribution in [2.75, 3.05) is 0 Å².